The zero-order valence-corrected chi connectivity index (χ0v) is 8.81. The standard InChI is InChI=1S/C10H13N5/c1-7-3-8(2)12-9(4-7)5-15-6-10(11)13-14-15/h3-4,6H,5,11H2,1-2H3. The van der Waals surface area contributed by atoms with E-state index in [1.54, 1.807) is 10.9 Å². The quantitative estimate of drug-likeness (QED) is 0.788. The van der Waals surface area contributed by atoms with Crippen LogP contribution in [0, 0.1) is 13.8 Å². The van der Waals surface area contributed by atoms with Crippen LogP contribution in [0.4, 0.5) is 5.82 Å². The Hall–Kier alpha value is -1.91. The molecule has 0 atom stereocenters. The maximum absolute atomic E-state index is 5.48. The van der Waals surface area contributed by atoms with Gasteiger partial charge in [0.25, 0.3) is 0 Å². The Morgan fingerprint density at radius 2 is 2.13 bits per heavy atom. The summed E-state index contributed by atoms with van der Waals surface area (Å²) in [4.78, 5) is 4.41. The first-order valence-electron chi connectivity index (χ1n) is 4.73. The maximum Gasteiger partial charge on any atom is 0.165 e. The summed E-state index contributed by atoms with van der Waals surface area (Å²) in [7, 11) is 0. The van der Waals surface area contributed by atoms with E-state index in [9.17, 15) is 0 Å². The van der Waals surface area contributed by atoms with Crippen molar-refractivity contribution in [2.24, 2.45) is 0 Å². The molecule has 78 valence electrons. The van der Waals surface area contributed by atoms with Gasteiger partial charge in [-0.05, 0) is 31.5 Å². The highest BCUT2D eigenvalue weighted by Gasteiger charge is 2.01. The Morgan fingerprint density at radius 3 is 2.73 bits per heavy atom. The lowest BCUT2D eigenvalue weighted by Crippen LogP contribution is -2.03. The Bertz CT molecular complexity index is 454. The van der Waals surface area contributed by atoms with Crippen LogP contribution in [0.25, 0.3) is 0 Å². The predicted octanol–water partition coefficient (Wildman–Crippen LogP) is 0.920. The lowest BCUT2D eigenvalue weighted by atomic mass is 10.2. The number of rotatable bonds is 2. The van der Waals surface area contributed by atoms with Crippen molar-refractivity contribution in [2.75, 3.05) is 5.73 Å². The molecule has 0 aliphatic carbocycles. The lowest BCUT2D eigenvalue weighted by molar-refractivity contribution is 0.637. The molecule has 0 bridgehead atoms. The predicted molar refractivity (Wildman–Crippen MR) is 57.2 cm³/mol. The average Bonchev–Trinajstić information content (AvgIpc) is 2.49. The summed E-state index contributed by atoms with van der Waals surface area (Å²) < 4.78 is 1.68. The molecule has 2 N–H and O–H groups in total. The smallest absolute Gasteiger partial charge is 0.165 e. The van der Waals surface area contributed by atoms with E-state index in [0.717, 1.165) is 11.4 Å². The van der Waals surface area contributed by atoms with Crippen LogP contribution in [0.15, 0.2) is 18.3 Å². The summed E-state index contributed by atoms with van der Waals surface area (Å²) in [6, 6.07) is 4.07. The zero-order chi connectivity index (χ0) is 10.8. The molecule has 0 radical (unpaired) electrons. The molecule has 2 heterocycles. The summed E-state index contributed by atoms with van der Waals surface area (Å²) >= 11 is 0. The molecule has 0 saturated heterocycles. The van der Waals surface area contributed by atoms with Crippen LogP contribution in [0.3, 0.4) is 0 Å². The molecule has 15 heavy (non-hydrogen) atoms. The molecule has 5 nitrogen and oxygen atoms in total. The Labute approximate surface area is 87.9 Å². The number of pyridine rings is 1. The molecule has 0 unspecified atom stereocenters. The van der Waals surface area contributed by atoms with Gasteiger partial charge in [-0.25, -0.2) is 4.68 Å². The number of hydrogen-bond donors (Lipinski definition) is 1. The fraction of sp³-hybridized carbons (Fsp3) is 0.300. The molecule has 0 amide bonds. The highest BCUT2D eigenvalue weighted by atomic mass is 15.4. The van der Waals surface area contributed by atoms with E-state index >= 15 is 0 Å². The monoisotopic (exact) mass is 203 g/mol. The fourth-order valence-corrected chi connectivity index (χ4v) is 1.56. The minimum atomic E-state index is 0.430. The van der Waals surface area contributed by atoms with Gasteiger partial charge in [0.1, 0.15) is 0 Å². The SMILES string of the molecule is Cc1cc(C)nc(Cn2cc(N)nn2)c1. The number of nitrogens with zero attached hydrogens (tertiary/aromatic N) is 4. The van der Waals surface area contributed by atoms with Crippen molar-refractivity contribution >= 4 is 5.82 Å². The van der Waals surface area contributed by atoms with Gasteiger partial charge in [-0.1, -0.05) is 5.21 Å². The molecule has 0 spiro atoms. The van der Waals surface area contributed by atoms with Crippen molar-refractivity contribution in [1.82, 2.24) is 20.0 Å². The van der Waals surface area contributed by atoms with Crippen molar-refractivity contribution in [3.05, 3.63) is 35.3 Å². The highest BCUT2D eigenvalue weighted by Crippen LogP contribution is 2.06. The first-order valence-corrected chi connectivity index (χ1v) is 4.73. The molecule has 2 aromatic heterocycles. The summed E-state index contributed by atoms with van der Waals surface area (Å²) in [6.07, 6.45) is 1.69. The first-order chi connectivity index (χ1) is 7.13. The summed E-state index contributed by atoms with van der Waals surface area (Å²) in [5.74, 6) is 0.430. The van der Waals surface area contributed by atoms with Crippen LogP contribution in [0.1, 0.15) is 17.0 Å². The Kier molecular flexibility index (Phi) is 2.37. The summed E-state index contributed by atoms with van der Waals surface area (Å²) in [6.45, 7) is 4.63. The van der Waals surface area contributed by atoms with Crippen molar-refractivity contribution < 1.29 is 0 Å². The summed E-state index contributed by atoms with van der Waals surface area (Å²) in [5, 5.41) is 7.59. The van der Waals surface area contributed by atoms with Crippen LogP contribution in [0.5, 0.6) is 0 Å². The van der Waals surface area contributed by atoms with Gasteiger partial charge < -0.3 is 5.73 Å². The van der Waals surface area contributed by atoms with Gasteiger partial charge in [0, 0.05) is 5.69 Å². The fourth-order valence-electron chi connectivity index (χ4n) is 1.56. The highest BCUT2D eigenvalue weighted by molar-refractivity contribution is 5.22. The van der Waals surface area contributed by atoms with Crippen LogP contribution in [-0.4, -0.2) is 20.0 Å². The van der Waals surface area contributed by atoms with E-state index < -0.39 is 0 Å². The molecular weight excluding hydrogens is 190 g/mol. The molecular formula is C10H13N5. The van der Waals surface area contributed by atoms with E-state index in [-0.39, 0.29) is 0 Å². The molecule has 0 saturated carbocycles. The normalized spacial score (nSPS) is 10.5. The van der Waals surface area contributed by atoms with E-state index in [4.69, 9.17) is 5.73 Å². The van der Waals surface area contributed by atoms with Gasteiger partial charge >= 0.3 is 0 Å². The second-order valence-corrected chi connectivity index (χ2v) is 3.62. The first kappa shape index (κ1) is 9.64. The van der Waals surface area contributed by atoms with Crippen LogP contribution >= 0.6 is 0 Å². The van der Waals surface area contributed by atoms with E-state index in [1.165, 1.54) is 5.56 Å². The van der Waals surface area contributed by atoms with Gasteiger partial charge in [-0.2, -0.15) is 0 Å². The second kappa shape index (κ2) is 3.68. The second-order valence-electron chi connectivity index (χ2n) is 3.62. The van der Waals surface area contributed by atoms with Gasteiger partial charge in [0.05, 0.1) is 18.4 Å². The van der Waals surface area contributed by atoms with Crippen LogP contribution < -0.4 is 5.73 Å². The van der Waals surface area contributed by atoms with Gasteiger partial charge in [-0.15, -0.1) is 5.10 Å². The van der Waals surface area contributed by atoms with Crippen LogP contribution in [-0.2, 0) is 6.54 Å². The van der Waals surface area contributed by atoms with E-state index in [2.05, 4.69) is 15.3 Å². The molecule has 2 aromatic rings. The maximum atomic E-state index is 5.48. The minimum absolute atomic E-state index is 0.430. The van der Waals surface area contributed by atoms with Gasteiger partial charge in [0.15, 0.2) is 5.82 Å². The van der Waals surface area contributed by atoms with Crippen LogP contribution in [0.2, 0.25) is 0 Å². The van der Waals surface area contributed by atoms with Crippen molar-refractivity contribution in [3.63, 3.8) is 0 Å². The number of nitrogen functional groups attached to an aromatic ring is 1. The Balaban J connectivity index is 2.24. The number of aryl methyl sites for hydroxylation is 2. The number of hydrogen-bond acceptors (Lipinski definition) is 4. The van der Waals surface area contributed by atoms with Crippen molar-refractivity contribution in [3.8, 4) is 0 Å². The zero-order valence-electron chi connectivity index (χ0n) is 8.81. The third-order valence-corrected chi connectivity index (χ3v) is 2.03. The molecule has 0 aliphatic rings. The number of aromatic nitrogens is 4. The molecule has 0 aliphatic heterocycles. The largest absolute Gasteiger partial charge is 0.381 e. The molecule has 5 heteroatoms. The molecule has 0 aromatic carbocycles. The summed E-state index contributed by atoms with van der Waals surface area (Å²) in [5.41, 5.74) is 8.66. The third-order valence-electron chi connectivity index (χ3n) is 2.03. The van der Waals surface area contributed by atoms with Gasteiger partial charge in [-0.3, -0.25) is 4.98 Å². The molecule has 0 fully saturated rings. The van der Waals surface area contributed by atoms with E-state index in [0.29, 0.717) is 12.4 Å². The number of anilines is 1. The topological polar surface area (TPSA) is 69.6 Å². The van der Waals surface area contributed by atoms with Gasteiger partial charge in [0.2, 0.25) is 0 Å². The average molecular weight is 203 g/mol. The van der Waals surface area contributed by atoms with E-state index in [1.807, 2.05) is 26.0 Å². The minimum Gasteiger partial charge on any atom is -0.381 e. The molecule has 2 rings (SSSR count). The Morgan fingerprint density at radius 1 is 1.33 bits per heavy atom. The van der Waals surface area contributed by atoms with Crippen molar-refractivity contribution in [1.29, 1.82) is 0 Å². The third kappa shape index (κ3) is 2.31. The van der Waals surface area contributed by atoms with Crippen molar-refractivity contribution in [2.45, 2.75) is 20.4 Å². The number of nitrogens with two attached hydrogens (primary N) is 1. The lowest BCUT2D eigenvalue weighted by Gasteiger charge is -2.03.